The molecule has 1 N–H and O–H groups in total. The van der Waals surface area contributed by atoms with Crippen LogP contribution >= 0.6 is 15.9 Å². The Hall–Kier alpha value is -3.12. The van der Waals surface area contributed by atoms with E-state index in [0.29, 0.717) is 19.4 Å². The maximum Gasteiger partial charge on any atom is 0.220 e. The second-order valence-electron chi connectivity index (χ2n) is 7.42. The Kier molecular flexibility index (Phi) is 6.67. The van der Waals surface area contributed by atoms with Crippen LogP contribution in [0.4, 0.5) is 0 Å². The van der Waals surface area contributed by atoms with E-state index in [1.807, 2.05) is 42.7 Å². The molecule has 3 aromatic carbocycles. The van der Waals surface area contributed by atoms with Gasteiger partial charge in [-0.15, -0.1) is 0 Å². The van der Waals surface area contributed by atoms with Crippen molar-refractivity contribution in [2.24, 2.45) is 0 Å². The molecule has 158 valence electrons. The molecule has 0 aliphatic carbocycles. The molecule has 1 heterocycles. The first-order valence-electron chi connectivity index (χ1n) is 10.2. The summed E-state index contributed by atoms with van der Waals surface area (Å²) in [6.45, 7) is 1.30. The second kappa shape index (κ2) is 9.79. The van der Waals surface area contributed by atoms with Crippen LogP contribution < -0.4 is 10.1 Å². The minimum atomic E-state index is 0.0425. The summed E-state index contributed by atoms with van der Waals surface area (Å²) in [5, 5.41) is 3.01. The van der Waals surface area contributed by atoms with Crippen LogP contribution in [0, 0.1) is 0 Å². The highest BCUT2D eigenvalue weighted by Gasteiger charge is 2.06. The lowest BCUT2D eigenvalue weighted by molar-refractivity contribution is -0.121. The van der Waals surface area contributed by atoms with Crippen LogP contribution in [0.1, 0.15) is 23.1 Å². The van der Waals surface area contributed by atoms with Gasteiger partial charge in [0.1, 0.15) is 5.75 Å². The summed E-state index contributed by atoms with van der Waals surface area (Å²) in [6, 6.07) is 22.3. The number of amides is 1. The molecule has 0 bridgehead atoms. The predicted octanol–water partition coefficient (Wildman–Crippen LogP) is 5.10. The zero-order chi connectivity index (χ0) is 21.6. The van der Waals surface area contributed by atoms with Crippen LogP contribution in [-0.4, -0.2) is 22.6 Å². The lowest BCUT2D eigenvalue weighted by Crippen LogP contribution is -2.23. The molecule has 0 spiro atoms. The van der Waals surface area contributed by atoms with E-state index in [9.17, 15) is 4.79 Å². The third-order valence-electron chi connectivity index (χ3n) is 5.25. The molecular formula is C25H24BrN3O2. The van der Waals surface area contributed by atoms with E-state index >= 15 is 0 Å². The van der Waals surface area contributed by atoms with Gasteiger partial charge in [-0.1, -0.05) is 42.5 Å². The third-order valence-corrected chi connectivity index (χ3v) is 5.87. The Bertz CT molecular complexity index is 1190. The lowest BCUT2D eigenvalue weighted by Gasteiger charge is -2.09. The molecular weight excluding hydrogens is 454 g/mol. The molecule has 0 saturated heterocycles. The Morgan fingerprint density at radius 2 is 1.77 bits per heavy atom. The minimum absolute atomic E-state index is 0.0425. The smallest absolute Gasteiger partial charge is 0.220 e. The van der Waals surface area contributed by atoms with Crippen LogP contribution in [0.25, 0.3) is 11.0 Å². The van der Waals surface area contributed by atoms with Gasteiger partial charge in [-0.25, -0.2) is 4.98 Å². The van der Waals surface area contributed by atoms with Crippen LogP contribution in [0.3, 0.4) is 0 Å². The number of methoxy groups -OCH3 is 1. The minimum Gasteiger partial charge on any atom is -0.496 e. The number of nitrogens with one attached hydrogen (secondary N) is 1. The second-order valence-corrected chi connectivity index (χ2v) is 8.28. The first kappa shape index (κ1) is 21.1. The van der Waals surface area contributed by atoms with E-state index in [4.69, 9.17) is 4.74 Å². The number of carbonyl (C=O) groups excluding carboxylic acids is 1. The van der Waals surface area contributed by atoms with Gasteiger partial charge in [0.2, 0.25) is 5.91 Å². The lowest BCUT2D eigenvalue weighted by atomic mass is 10.1. The SMILES string of the molecule is COc1ccc(CCC(=O)NCc2ccc(Cn3cnc4ccccc43)cc2)cc1Br. The fourth-order valence-corrected chi connectivity index (χ4v) is 4.10. The van der Waals surface area contributed by atoms with Crippen molar-refractivity contribution in [3.63, 3.8) is 0 Å². The normalized spacial score (nSPS) is 10.9. The highest BCUT2D eigenvalue weighted by atomic mass is 79.9. The standard InChI is InChI=1S/C25H24BrN3O2/c1-31-24-12-10-18(14-21(24)26)11-13-25(30)27-15-19-6-8-20(9-7-19)16-29-17-28-22-4-2-3-5-23(22)29/h2-10,12,14,17H,11,13,15-16H2,1H3,(H,27,30). The molecule has 0 fully saturated rings. The Morgan fingerprint density at radius 1 is 1.03 bits per heavy atom. The van der Waals surface area contributed by atoms with E-state index in [2.05, 4.69) is 61.1 Å². The topological polar surface area (TPSA) is 56.1 Å². The maximum atomic E-state index is 12.2. The molecule has 5 nitrogen and oxygen atoms in total. The molecule has 31 heavy (non-hydrogen) atoms. The zero-order valence-corrected chi connectivity index (χ0v) is 18.9. The van der Waals surface area contributed by atoms with Crippen molar-refractivity contribution in [2.75, 3.05) is 7.11 Å². The predicted molar refractivity (Wildman–Crippen MR) is 126 cm³/mol. The van der Waals surface area contributed by atoms with Gasteiger partial charge in [0.15, 0.2) is 0 Å². The van der Waals surface area contributed by atoms with Gasteiger partial charge in [0, 0.05) is 19.5 Å². The Labute approximate surface area is 190 Å². The van der Waals surface area contributed by atoms with Gasteiger partial charge in [-0.05, 0) is 63.3 Å². The quantitative estimate of drug-likeness (QED) is 0.383. The van der Waals surface area contributed by atoms with E-state index in [-0.39, 0.29) is 5.91 Å². The molecule has 4 rings (SSSR count). The number of hydrogen-bond donors (Lipinski definition) is 1. The maximum absolute atomic E-state index is 12.2. The molecule has 1 aromatic heterocycles. The van der Waals surface area contributed by atoms with Crippen LogP contribution in [-0.2, 0) is 24.3 Å². The van der Waals surface area contributed by atoms with Gasteiger partial charge in [-0.3, -0.25) is 4.79 Å². The first-order chi connectivity index (χ1) is 15.1. The van der Waals surface area contributed by atoms with Crippen LogP contribution in [0.5, 0.6) is 5.75 Å². The Morgan fingerprint density at radius 3 is 2.55 bits per heavy atom. The summed E-state index contributed by atoms with van der Waals surface area (Å²) >= 11 is 3.48. The molecule has 1 amide bonds. The van der Waals surface area contributed by atoms with E-state index in [1.54, 1.807) is 7.11 Å². The molecule has 0 unspecified atom stereocenters. The third kappa shape index (κ3) is 5.33. The first-order valence-corrected chi connectivity index (χ1v) is 11.0. The molecule has 0 aliphatic heterocycles. The summed E-state index contributed by atoms with van der Waals surface area (Å²) in [5.74, 6) is 0.832. The van der Waals surface area contributed by atoms with Gasteiger partial charge >= 0.3 is 0 Å². The van der Waals surface area contributed by atoms with Crippen molar-refractivity contribution < 1.29 is 9.53 Å². The number of benzene rings is 3. The average Bonchev–Trinajstić information content (AvgIpc) is 3.20. The highest BCUT2D eigenvalue weighted by molar-refractivity contribution is 9.10. The fraction of sp³-hybridized carbons (Fsp3) is 0.200. The molecule has 0 aliphatic rings. The van der Waals surface area contributed by atoms with Crippen molar-refractivity contribution in [3.8, 4) is 5.75 Å². The van der Waals surface area contributed by atoms with Crippen molar-refractivity contribution in [2.45, 2.75) is 25.9 Å². The van der Waals surface area contributed by atoms with Crippen molar-refractivity contribution in [1.29, 1.82) is 0 Å². The summed E-state index contributed by atoms with van der Waals surface area (Å²) in [6.07, 6.45) is 3.01. The van der Waals surface area contributed by atoms with E-state index in [1.165, 1.54) is 5.56 Å². The van der Waals surface area contributed by atoms with E-state index in [0.717, 1.165) is 38.9 Å². The number of nitrogens with zero attached hydrogens (tertiary/aromatic N) is 2. The van der Waals surface area contributed by atoms with Crippen LogP contribution in [0.2, 0.25) is 0 Å². The molecule has 0 radical (unpaired) electrons. The number of carbonyl (C=O) groups is 1. The van der Waals surface area contributed by atoms with Gasteiger partial charge in [-0.2, -0.15) is 0 Å². The van der Waals surface area contributed by atoms with Gasteiger partial charge < -0.3 is 14.6 Å². The number of ether oxygens (including phenoxy) is 1. The number of hydrogen-bond acceptors (Lipinski definition) is 3. The van der Waals surface area contributed by atoms with E-state index < -0.39 is 0 Å². The number of para-hydroxylation sites is 2. The zero-order valence-electron chi connectivity index (χ0n) is 17.3. The number of aryl methyl sites for hydroxylation is 1. The van der Waals surface area contributed by atoms with Gasteiger partial charge in [0.25, 0.3) is 0 Å². The number of imidazole rings is 1. The summed E-state index contributed by atoms with van der Waals surface area (Å²) < 4.78 is 8.28. The fourth-order valence-electron chi connectivity index (χ4n) is 3.51. The highest BCUT2D eigenvalue weighted by Crippen LogP contribution is 2.26. The number of halogens is 1. The molecule has 0 atom stereocenters. The monoisotopic (exact) mass is 477 g/mol. The molecule has 6 heteroatoms. The van der Waals surface area contributed by atoms with Crippen molar-refractivity contribution in [1.82, 2.24) is 14.9 Å². The number of fused-ring (bicyclic) bond motifs is 1. The summed E-state index contributed by atoms with van der Waals surface area (Å²) in [5.41, 5.74) is 5.51. The largest absolute Gasteiger partial charge is 0.496 e. The van der Waals surface area contributed by atoms with Crippen molar-refractivity contribution >= 4 is 32.9 Å². The van der Waals surface area contributed by atoms with Crippen molar-refractivity contribution in [3.05, 3.63) is 94.2 Å². The summed E-state index contributed by atoms with van der Waals surface area (Å²) in [7, 11) is 1.64. The Balaban J connectivity index is 1.27. The number of rotatable bonds is 8. The average molecular weight is 478 g/mol. The summed E-state index contributed by atoms with van der Waals surface area (Å²) in [4.78, 5) is 16.7. The van der Waals surface area contributed by atoms with Crippen LogP contribution in [0.15, 0.2) is 77.5 Å². The molecule has 4 aromatic rings. The molecule has 0 saturated carbocycles. The van der Waals surface area contributed by atoms with Gasteiger partial charge in [0.05, 0.1) is 28.9 Å². The number of aromatic nitrogens is 2.